The first kappa shape index (κ1) is 18.1. The zero-order valence-corrected chi connectivity index (χ0v) is 15.2. The first-order valence-electron chi connectivity index (χ1n) is 8.60. The molecule has 0 saturated carbocycles. The van der Waals surface area contributed by atoms with Crippen molar-refractivity contribution in [3.63, 3.8) is 0 Å². The lowest BCUT2D eigenvalue weighted by molar-refractivity contribution is 0.102. The minimum absolute atomic E-state index is 0.222. The van der Waals surface area contributed by atoms with Gasteiger partial charge >= 0.3 is 0 Å². The number of nitrogens with one attached hydrogen (secondary N) is 2. The van der Waals surface area contributed by atoms with Crippen molar-refractivity contribution in [2.45, 2.75) is 20.3 Å². The number of rotatable bonds is 5. The summed E-state index contributed by atoms with van der Waals surface area (Å²) in [7, 11) is 0. The number of nitriles is 1. The van der Waals surface area contributed by atoms with E-state index in [1.165, 1.54) is 12.4 Å². The molecule has 0 aliphatic carbocycles. The van der Waals surface area contributed by atoms with E-state index in [4.69, 9.17) is 5.26 Å². The van der Waals surface area contributed by atoms with Crippen molar-refractivity contribution >= 4 is 23.1 Å². The second kappa shape index (κ2) is 8.11. The monoisotopic (exact) mass is 357 g/mol. The second-order valence-electron chi connectivity index (χ2n) is 5.99. The Hall–Kier alpha value is -3.72. The molecule has 1 aromatic heterocycles. The van der Waals surface area contributed by atoms with Crippen LogP contribution in [0.5, 0.6) is 0 Å². The van der Waals surface area contributed by atoms with Gasteiger partial charge in [0.25, 0.3) is 5.91 Å². The molecule has 27 heavy (non-hydrogen) atoms. The van der Waals surface area contributed by atoms with Crippen LogP contribution >= 0.6 is 0 Å². The first-order valence-corrected chi connectivity index (χ1v) is 8.60. The number of hydrogen-bond acceptors (Lipinski definition) is 5. The molecule has 6 nitrogen and oxygen atoms in total. The predicted molar refractivity (Wildman–Crippen MR) is 105 cm³/mol. The van der Waals surface area contributed by atoms with Crippen LogP contribution in [0.25, 0.3) is 0 Å². The Morgan fingerprint density at radius 2 is 1.93 bits per heavy atom. The fraction of sp³-hybridized carbons (Fsp3) is 0.143. The number of aryl methyl sites for hydroxylation is 2. The van der Waals surface area contributed by atoms with E-state index in [-0.39, 0.29) is 11.6 Å². The first-order chi connectivity index (χ1) is 13.1. The lowest BCUT2D eigenvalue weighted by atomic mass is 10.1. The molecule has 1 heterocycles. The van der Waals surface area contributed by atoms with Crippen LogP contribution in [0.3, 0.4) is 0 Å². The van der Waals surface area contributed by atoms with Crippen LogP contribution in [-0.4, -0.2) is 15.9 Å². The van der Waals surface area contributed by atoms with Crippen LogP contribution < -0.4 is 10.6 Å². The lowest BCUT2D eigenvalue weighted by Gasteiger charge is -2.13. The van der Waals surface area contributed by atoms with Crippen LogP contribution in [0.15, 0.2) is 54.9 Å². The molecular weight excluding hydrogens is 338 g/mol. The molecule has 2 aromatic carbocycles. The van der Waals surface area contributed by atoms with Crippen LogP contribution in [0.4, 0.5) is 17.2 Å². The van der Waals surface area contributed by atoms with E-state index in [1.54, 1.807) is 18.2 Å². The molecule has 1 amide bonds. The Bertz CT molecular complexity index is 1010. The molecule has 6 heteroatoms. The number of para-hydroxylation sites is 2. The maximum atomic E-state index is 12.5. The molecule has 0 aliphatic rings. The maximum Gasteiger partial charge on any atom is 0.275 e. The molecule has 134 valence electrons. The molecule has 0 saturated heterocycles. The number of aromatic nitrogens is 2. The minimum Gasteiger partial charge on any atom is -0.338 e. The third-order valence-electron chi connectivity index (χ3n) is 4.17. The summed E-state index contributed by atoms with van der Waals surface area (Å²) in [6.07, 6.45) is 3.71. The highest BCUT2D eigenvalue weighted by atomic mass is 16.1. The summed E-state index contributed by atoms with van der Waals surface area (Å²) < 4.78 is 0. The van der Waals surface area contributed by atoms with Gasteiger partial charge in [-0.15, -0.1) is 0 Å². The van der Waals surface area contributed by atoms with Gasteiger partial charge in [0.1, 0.15) is 17.6 Å². The molecule has 0 fully saturated rings. The molecule has 0 spiro atoms. The molecular formula is C21H19N5O. The van der Waals surface area contributed by atoms with E-state index in [1.807, 2.05) is 38.1 Å². The lowest BCUT2D eigenvalue weighted by Crippen LogP contribution is -2.16. The van der Waals surface area contributed by atoms with Gasteiger partial charge in [-0.2, -0.15) is 5.26 Å². The topological polar surface area (TPSA) is 90.7 Å². The van der Waals surface area contributed by atoms with Crippen molar-refractivity contribution in [2.75, 3.05) is 10.6 Å². The zero-order chi connectivity index (χ0) is 19.2. The van der Waals surface area contributed by atoms with E-state index < -0.39 is 0 Å². The smallest absolute Gasteiger partial charge is 0.275 e. The van der Waals surface area contributed by atoms with Crippen molar-refractivity contribution < 1.29 is 4.79 Å². The third kappa shape index (κ3) is 4.10. The Morgan fingerprint density at radius 1 is 1.11 bits per heavy atom. The number of carbonyl (C=O) groups excluding carboxylic acids is 1. The highest BCUT2D eigenvalue weighted by Gasteiger charge is 2.12. The summed E-state index contributed by atoms with van der Waals surface area (Å²) >= 11 is 0. The molecule has 0 aliphatic heterocycles. The van der Waals surface area contributed by atoms with Gasteiger partial charge in [0.2, 0.25) is 0 Å². The van der Waals surface area contributed by atoms with Gasteiger partial charge < -0.3 is 10.6 Å². The van der Waals surface area contributed by atoms with E-state index in [0.717, 1.165) is 23.2 Å². The SMILES string of the molecule is CCc1cccc(C)c1NC(=O)c1cnc(Nc2ccccc2C#N)cn1. The largest absolute Gasteiger partial charge is 0.338 e. The molecule has 0 unspecified atom stereocenters. The number of amides is 1. The van der Waals surface area contributed by atoms with Crippen LogP contribution in [0, 0.1) is 18.3 Å². The van der Waals surface area contributed by atoms with Crippen LogP contribution in [-0.2, 0) is 6.42 Å². The van der Waals surface area contributed by atoms with Crippen molar-refractivity contribution in [2.24, 2.45) is 0 Å². The fourth-order valence-corrected chi connectivity index (χ4v) is 2.72. The maximum absolute atomic E-state index is 12.5. The Kier molecular flexibility index (Phi) is 5.43. The molecule has 3 aromatic rings. The van der Waals surface area contributed by atoms with Gasteiger partial charge in [0.15, 0.2) is 0 Å². The quantitative estimate of drug-likeness (QED) is 0.713. The van der Waals surface area contributed by atoms with Crippen molar-refractivity contribution in [1.29, 1.82) is 5.26 Å². The Balaban J connectivity index is 1.76. The molecule has 3 rings (SSSR count). The minimum atomic E-state index is -0.310. The third-order valence-corrected chi connectivity index (χ3v) is 4.17. The molecule has 2 N–H and O–H groups in total. The van der Waals surface area contributed by atoms with Gasteiger partial charge in [0, 0.05) is 5.69 Å². The van der Waals surface area contributed by atoms with Crippen LogP contribution in [0.2, 0.25) is 0 Å². The van der Waals surface area contributed by atoms with Crippen LogP contribution in [0.1, 0.15) is 34.1 Å². The van der Waals surface area contributed by atoms with Gasteiger partial charge in [0.05, 0.1) is 23.6 Å². The summed E-state index contributed by atoms with van der Waals surface area (Å²) in [4.78, 5) is 21.0. The van der Waals surface area contributed by atoms with Gasteiger partial charge in [-0.25, -0.2) is 9.97 Å². The summed E-state index contributed by atoms with van der Waals surface area (Å²) in [5.74, 6) is 0.148. The standard InChI is InChI=1S/C21H19N5O/c1-3-15-9-6-7-14(2)20(15)26-21(27)18-12-24-19(13-23-18)25-17-10-5-4-8-16(17)11-22/h4-10,12-13H,3H2,1-2H3,(H,24,25)(H,26,27). The van der Waals surface area contributed by atoms with E-state index in [9.17, 15) is 4.79 Å². The normalized spacial score (nSPS) is 10.1. The van der Waals surface area contributed by atoms with Gasteiger partial charge in [-0.3, -0.25) is 4.79 Å². The van der Waals surface area contributed by atoms with Gasteiger partial charge in [-0.05, 0) is 36.6 Å². The summed E-state index contributed by atoms with van der Waals surface area (Å²) in [6, 6.07) is 15.2. The summed E-state index contributed by atoms with van der Waals surface area (Å²) in [5, 5.41) is 15.1. The van der Waals surface area contributed by atoms with Crippen molar-refractivity contribution in [1.82, 2.24) is 9.97 Å². The van der Waals surface area contributed by atoms with E-state index in [2.05, 4.69) is 26.7 Å². The molecule has 0 atom stereocenters. The predicted octanol–water partition coefficient (Wildman–Crippen LogP) is 4.22. The highest BCUT2D eigenvalue weighted by Crippen LogP contribution is 2.22. The number of nitrogens with zero attached hydrogens (tertiary/aromatic N) is 3. The average molecular weight is 357 g/mol. The van der Waals surface area contributed by atoms with E-state index >= 15 is 0 Å². The zero-order valence-electron chi connectivity index (χ0n) is 15.2. The van der Waals surface area contributed by atoms with Gasteiger partial charge in [-0.1, -0.05) is 37.3 Å². The number of hydrogen-bond donors (Lipinski definition) is 2. The number of benzene rings is 2. The fourth-order valence-electron chi connectivity index (χ4n) is 2.72. The Labute approximate surface area is 157 Å². The number of carbonyl (C=O) groups is 1. The average Bonchev–Trinajstić information content (AvgIpc) is 2.70. The molecule has 0 radical (unpaired) electrons. The second-order valence-corrected chi connectivity index (χ2v) is 5.99. The summed E-state index contributed by atoms with van der Waals surface area (Å²) in [6.45, 7) is 4.00. The Morgan fingerprint density at radius 3 is 2.63 bits per heavy atom. The number of anilines is 3. The summed E-state index contributed by atoms with van der Waals surface area (Å²) in [5.41, 5.74) is 4.26. The van der Waals surface area contributed by atoms with Crippen molar-refractivity contribution in [3.05, 3.63) is 77.2 Å². The van der Waals surface area contributed by atoms with Crippen molar-refractivity contribution in [3.8, 4) is 6.07 Å². The highest BCUT2D eigenvalue weighted by molar-refractivity contribution is 6.03. The molecule has 0 bridgehead atoms. The van der Waals surface area contributed by atoms with E-state index in [0.29, 0.717) is 17.1 Å².